The third kappa shape index (κ3) is 8.33. The Bertz CT molecular complexity index is 505. The predicted molar refractivity (Wildman–Crippen MR) is 91.8 cm³/mol. The SMILES string of the molecule is O=[N+]([O-])c1[c-]c(F)ccc1.[CH2-]CC(C[CH2-])CN1[C@@H](C)COC[C@@H]1C.[Li+]. The molecule has 136 valence electrons. The first-order valence-corrected chi connectivity index (χ1v) is 8.13. The molecule has 0 spiro atoms. The Morgan fingerprint density at radius 3 is 2.32 bits per heavy atom. The van der Waals surface area contributed by atoms with Gasteiger partial charge < -0.3 is 18.6 Å². The standard InChI is InChI=1S/C12H23NO.C6H3FNO2.Li/c1-5-12(6-2)7-13-10(3)8-14-9-11(13)4;7-5-2-1-3-6(4-5)8(9)10;/h10-12H,1-2,5-9H2,3-4H3;1-3H;/q-2;-1;+1/t10-,11-;;/m0../s1. The Labute approximate surface area is 162 Å². The fraction of sp³-hybridized carbons (Fsp3) is 0.556. The predicted octanol–water partition coefficient (Wildman–Crippen LogP) is 0.698. The quantitative estimate of drug-likeness (QED) is 0.341. The van der Waals surface area contributed by atoms with Crippen LogP contribution in [0.2, 0.25) is 0 Å². The minimum absolute atomic E-state index is 0. The molecule has 7 heteroatoms. The average Bonchev–Trinajstić information content (AvgIpc) is 2.55. The van der Waals surface area contributed by atoms with Crippen LogP contribution in [0.5, 0.6) is 0 Å². The summed E-state index contributed by atoms with van der Waals surface area (Å²) in [6.07, 6.45) is 1.97. The Balaban J connectivity index is 0.000000465. The first-order chi connectivity index (χ1) is 11.4. The van der Waals surface area contributed by atoms with Gasteiger partial charge in [-0.15, -0.1) is 6.07 Å². The van der Waals surface area contributed by atoms with E-state index in [-0.39, 0.29) is 24.5 Å². The van der Waals surface area contributed by atoms with Gasteiger partial charge in [0.1, 0.15) is 0 Å². The fourth-order valence-electron chi connectivity index (χ4n) is 2.56. The number of morpholine rings is 1. The molecule has 0 amide bonds. The zero-order valence-electron chi connectivity index (χ0n) is 15.4. The van der Waals surface area contributed by atoms with Crippen LogP contribution in [-0.2, 0) is 4.74 Å². The maximum atomic E-state index is 12.2. The van der Waals surface area contributed by atoms with Crippen molar-refractivity contribution < 1.29 is 32.9 Å². The van der Waals surface area contributed by atoms with Gasteiger partial charge in [0.15, 0.2) is 5.69 Å². The molecule has 0 N–H and O–H groups in total. The molecule has 1 aliphatic heterocycles. The van der Waals surface area contributed by atoms with E-state index >= 15 is 0 Å². The number of benzene rings is 1. The van der Waals surface area contributed by atoms with Crippen molar-refractivity contribution >= 4 is 5.69 Å². The molecule has 0 aliphatic carbocycles. The number of nitro groups is 1. The zero-order chi connectivity index (χ0) is 18.1. The van der Waals surface area contributed by atoms with Gasteiger partial charge in [-0.1, -0.05) is 18.1 Å². The third-order valence-electron chi connectivity index (χ3n) is 4.08. The summed E-state index contributed by atoms with van der Waals surface area (Å²) >= 11 is 0. The average molecular weight is 344 g/mol. The van der Waals surface area contributed by atoms with Crippen LogP contribution in [-0.4, -0.2) is 41.7 Å². The Kier molecular flexibility index (Phi) is 12.0. The van der Waals surface area contributed by atoms with E-state index in [1.54, 1.807) is 0 Å². The van der Waals surface area contributed by atoms with Crippen LogP contribution >= 0.6 is 0 Å². The van der Waals surface area contributed by atoms with Crippen LogP contribution in [0, 0.1) is 41.8 Å². The van der Waals surface area contributed by atoms with Gasteiger partial charge in [0.2, 0.25) is 0 Å². The fourth-order valence-corrected chi connectivity index (χ4v) is 2.56. The monoisotopic (exact) mass is 344 g/mol. The topological polar surface area (TPSA) is 55.6 Å². The van der Waals surface area contributed by atoms with Crippen LogP contribution < -0.4 is 18.9 Å². The molecule has 0 bridgehead atoms. The Morgan fingerprint density at radius 1 is 1.36 bits per heavy atom. The van der Waals surface area contributed by atoms with Gasteiger partial charge in [-0.25, -0.2) is 4.39 Å². The number of hydrogen-bond acceptors (Lipinski definition) is 4. The van der Waals surface area contributed by atoms with Crippen LogP contribution in [0.1, 0.15) is 26.7 Å². The van der Waals surface area contributed by atoms with E-state index in [1.807, 2.05) is 6.07 Å². The summed E-state index contributed by atoms with van der Waals surface area (Å²) in [5.41, 5.74) is -0.347. The first-order valence-electron chi connectivity index (χ1n) is 8.13. The van der Waals surface area contributed by atoms with Gasteiger partial charge in [-0.05, 0) is 20.4 Å². The van der Waals surface area contributed by atoms with Crippen molar-refractivity contribution in [3.05, 3.63) is 54.0 Å². The smallest absolute Gasteiger partial charge is 0.378 e. The number of hydrogen-bond donors (Lipinski definition) is 0. The molecule has 1 aromatic rings. The number of non-ortho nitro benzene ring substituents is 1. The number of rotatable bonds is 5. The van der Waals surface area contributed by atoms with E-state index in [2.05, 4.69) is 32.6 Å². The van der Waals surface area contributed by atoms with Gasteiger partial charge in [-0.2, -0.15) is 18.9 Å². The van der Waals surface area contributed by atoms with E-state index < -0.39 is 10.7 Å². The first kappa shape index (κ1) is 24.1. The van der Waals surface area contributed by atoms with Crippen molar-refractivity contribution in [1.82, 2.24) is 4.90 Å². The van der Waals surface area contributed by atoms with E-state index in [9.17, 15) is 14.5 Å². The summed E-state index contributed by atoms with van der Waals surface area (Å²) < 4.78 is 17.7. The maximum absolute atomic E-state index is 12.2. The van der Waals surface area contributed by atoms with E-state index in [1.165, 1.54) is 12.1 Å². The summed E-state index contributed by atoms with van der Waals surface area (Å²) in [5, 5.41) is 9.96. The summed E-state index contributed by atoms with van der Waals surface area (Å²) in [5.74, 6) is -0.0767. The zero-order valence-corrected chi connectivity index (χ0v) is 15.4. The largest absolute Gasteiger partial charge is 1.00 e. The summed E-state index contributed by atoms with van der Waals surface area (Å²) in [4.78, 5) is 11.8. The molecule has 2 atom stereocenters. The number of ether oxygens (including phenoxy) is 1. The molecule has 0 unspecified atom stereocenters. The van der Waals surface area contributed by atoms with Crippen LogP contribution in [0.4, 0.5) is 10.1 Å². The molecule has 1 aliphatic rings. The molecular weight excluding hydrogens is 318 g/mol. The number of nitrogens with zero attached hydrogens (tertiary/aromatic N) is 2. The molecule has 5 nitrogen and oxygen atoms in total. The van der Waals surface area contributed by atoms with Crippen molar-refractivity contribution in [1.29, 1.82) is 0 Å². The van der Waals surface area contributed by atoms with Crippen molar-refractivity contribution in [3.63, 3.8) is 0 Å². The number of halogens is 1. The van der Waals surface area contributed by atoms with Crippen molar-refractivity contribution in [2.45, 2.75) is 38.8 Å². The van der Waals surface area contributed by atoms with Gasteiger partial charge in [0, 0.05) is 22.8 Å². The molecule has 0 saturated carbocycles. The van der Waals surface area contributed by atoms with Gasteiger partial charge in [0.05, 0.1) is 13.2 Å². The molecule has 1 aromatic carbocycles. The molecule has 1 saturated heterocycles. The number of nitro benzene ring substituents is 1. The second-order valence-corrected chi connectivity index (χ2v) is 6.02. The Hall–Kier alpha value is -0.933. The van der Waals surface area contributed by atoms with Crippen molar-refractivity contribution in [3.8, 4) is 0 Å². The van der Waals surface area contributed by atoms with E-state index in [0.29, 0.717) is 18.0 Å². The van der Waals surface area contributed by atoms with E-state index in [4.69, 9.17) is 4.74 Å². The molecular formula is C18H26FLiN2O3-2. The molecule has 1 fully saturated rings. The van der Waals surface area contributed by atoms with Gasteiger partial charge >= 0.3 is 18.9 Å². The van der Waals surface area contributed by atoms with E-state index in [0.717, 1.165) is 38.7 Å². The molecule has 0 radical (unpaired) electrons. The van der Waals surface area contributed by atoms with Crippen LogP contribution in [0.15, 0.2) is 18.2 Å². The molecule has 1 heterocycles. The second-order valence-electron chi connectivity index (χ2n) is 6.02. The summed E-state index contributed by atoms with van der Waals surface area (Å²) in [7, 11) is 0. The summed E-state index contributed by atoms with van der Waals surface area (Å²) in [6.45, 7) is 15.3. The molecule has 25 heavy (non-hydrogen) atoms. The molecule has 0 aromatic heterocycles. The van der Waals surface area contributed by atoms with Gasteiger partial charge in [0.25, 0.3) is 0 Å². The maximum Gasteiger partial charge on any atom is 1.00 e. The summed E-state index contributed by atoms with van der Waals surface area (Å²) in [6, 6.07) is 6.58. The van der Waals surface area contributed by atoms with Gasteiger partial charge in [-0.3, -0.25) is 15.0 Å². The van der Waals surface area contributed by atoms with Crippen molar-refractivity contribution in [2.24, 2.45) is 5.92 Å². The van der Waals surface area contributed by atoms with Crippen LogP contribution in [0.3, 0.4) is 0 Å². The third-order valence-corrected chi connectivity index (χ3v) is 4.08. The minimum Gasteiger partial charge on any atom is -0.378 e. The Morgan fingerprint density at radius 2 is 1.92 bits per heavy atom. The molecule has 2 rings (SSSR count). The second kappa shape index (κ2) is 12.4. The normalized spacial score (nSPS) is 20.4. The van der Waals surface area contributed by atoms with Crippen LogP contribution in [0.25, 0.3) is 0 Å². The minimum atomic E-state index is -0.714. The van der Waals surface area contributed by atoms with Crippen molar-refractivity contribution in [2.75, 3.05) is 19.8 Å².